The molecule has 0 unspecified atom stereocenters. The van der Waals surface area contributed by atoms with E-state index < -0.39 is 0 Å². The van der Waals surface area contributed by atoms with Gasteiger partial charge in [0.1, 0.15) is 11.8 Å². The largest absolute Gasteiger partial charge is 0.467 e. The Labute approximate surface area is 70.4 Å². The van der Waals surface area contributed by atoms with Crippen LogP contribution < -0.4 is 17.0 Å². The topological polar surface area (TPSA) is 89.6 Å². The summed E-state index contributed by atoms with van der Waals surface area (Å²) >= 11 is 0. The highest BCUT2D eigenvalue weighted by atomic mass is 16.3. The van der Waals surface area contributed by atoms with E-state index in [1.807, 2.05) is 13.0 Å². The highest BCUT2D eigenvalue weighted by Gasteiger charge is 2.05. The third-order valence-corrected chi connectivity index (χ3v) is 1.44. The van der Waals surface area contributed by atoms with Gasteiger partial charge in [0.15, 0.2) is 0 Å². The van der Waals surface area contributed by atoms with Gasteiger partial charge in [-0.15, -0.1) is 0 Å². The third kappa shape index (κ3) is 2.00. The number of hydrazine groups is 1. The first kappa shape index (κ1) is 8.61. The second-order valence-corrected chi connectivity index (χ2v) is 2.35. The maximum Gasteiger partial charge on any atom is 0.203 e. The van der Waals surface area contributed by atoms with Gasteiger partial charge in [-0.05, 0) is 19.1 Å². The molecule has 0 aliphatic carbocycles. The van der Waals surface area contributed by atoms with Gasteiger partial charge in [0.25, 0.3) is 0 Å². The van der Waals surface area contributed by atoms with Crippen molar-refractivity contribution in [2.75, 3.05) is 0 Å². The molecule has 1 aromatic heterocycles. The van der Waals surface area contributed by atoms with Crippen molar-refractivity contribution in [3.63, 3.8) is 0 Å². The van der Waals surface area contributed by atoms with Crippen molar-refractivity contribution in [3.8, 4) is 0 Å². The minimum atomic E-state index is -0.115. The Kier molecular flexibility index (Phi) is 2.71. The number of guanidine groups is 1. The van der Waals surface area contributed by atoms with E-state index in [2.05, 4.69) is 10.4 Å². The molecule has 1 heterocycles. The van der Waals surface area contributed by atoms with Crippen LogP contribution in [-0.2, 0) is 0 Å². The van der Waals surface area contributed by atoms with Crippen LogP contribution in [0.2, 0.25) is 0 Å². The Morgan fingerprint density at radius 1 is 1.75 bits per heavy atom. The first-order valence-corrected chi connectivity index (χ1v) is 3.57. The van der Waals surface area contributed by atoms with Crippen molar-refractivity contribution in [2.45, 2.75) is 13.0 Å². The number of hydrogen-bond donors (Lipinski definition) is 3. The molecule has 5 N–H and O–H groups in total. The van der Waals surface area contributed by atoms with E-state index in [0.29, 0.717) is 0 Å². The molecule has 0 bridgehead atoms. The molecule has 0 aliphatic rings. The average molecular weight is 168 g/mol. The van der Waals surface area contributed by atoms with Gasteiger partial charge in [0.2, 0.25) is 5.96 Å². The van der Waals surface area contributed by atoms with Crippen LogP contribution in [0, 0.1) is 0 Å². The monoisotopic (exact) mass is 168 g/mol. The summed E-state index contributed by atoms with van der Waals surface area (Å²) in [4.78, 5) is 4.00. The van der Waals surface area contributed by atoms with Gasteiger partial charge in [0.05, 0.1) is 6.26 Å². The van der Waals surface area contributed by atoms with Gasteiger partial charge >= 0.3 is 0 Å². The Morgan fingerprint density at radius 3 is 3.00 bits per heavy atom. The molecule has 0 saturated heterocycles. The van der Waals surface area contributed by atoms with Gasteiger partial charge in [-0.3, -0.25) is 5.43 Å². The molecule has 1 atom stereocenters. The summed E-state index contributed by atoms with van der Waals surface area (Å²) < 4.78 is 5.11. The van der Waals surface area contributed by atoms with Crippen molar-refractivity contribution < 1.29 is 4.42 Å². The molecule has 0 fully saturated rings. The lowest BCUT2D eigenvalue weighted by atomic mass is 10.3. The number of nitrogens with two attached hydrogens (primary N) is 2. The van der Waals surface area contributed by atoms with E-state index in [-0.39, 0.29) is 12.0 Å². The molecule has 0 radical (unpaired) electrons. The number of nitrogens with zero attached hydrogens (tertiary/aromatic N) is 1. The van der Waals surface area contributed by atoms with Gasteiger partial charge in [-0.25, -0.2) is 10.8 Å². The van der Waals surface area contributed by atoms with Gasteiger partial charge in [0, 0.05) is 0 Å². The molecule has 12 heavy (non-hydrogen) atoms. The van der Waals surface area contributed by atoms with E-state index in [9.17, 15) is 0 Å². The Balaban J connectivity index is 2.66. The highest BCUT2D eigenvalue weighted by Crippen LogP contribution is 2.15. The second-order valence-electron chi connectivity index (χ2n) is 2.35. The molecule has 0 aromatic carbocycles. The molecule has 66 valence electrons. The Hall–Kier alpha value is -1.49. The predicted molar refractivity (Wildman–Crippen MR) is 46.1 cm³/mol. The fourth-order valence-electron chi connectivity index (χ4n) is 0.839. The van der Waals surface area contributed by atoms with Crippen molar-refractivity contribution in [1.82, 2.24) is 5.43 Å². The molecule has 5 heteroatoms. The van der Waals surface area contributed by atoms with E-state index in [1.165, 1.54) is 0 Å². The van der Waals surface area contributed by atoms with Crippen molar-refractivity contribution in [2.24, 2.45) is 16.6 Å². The van der Waals surface area contributed by atoms with Crippen LogP contribution in [0.3, 0.4) is 0 Å². The number of rotatable bonds is 2. The van der Waals surface area contributed by atoms with E-state index in [1.54, 1.807) is 12.3 Å². The van der Waals surface area contributed by atoms with Crippen LogP contribution in [-0.4, -0.2) is 5.96 Å². The molecule has 0 spiro atoms. The minimum absolute atomic E-state index is 0.115. The summed E-state index contributed by atoms with van der Waals surface area (Å²) in [5, 5.41) is 0. The van der Waals surface area contributed by atoms with Crippen LogP contribution in [0.5, 0.6) is 0 Å². The first-order valence-electron chi connectivity index (χ1n) is 3.57. The normalized spacial score (nSPS) is 14.3. The summed E-state index contributed by atoms with van der Waals surface area (Å²) in [7, 11) is 0. The quantitative estimate of drug-likeness (QED) is 0.253. The van der Waals surface area contributed by atoms with E-state index in [0.717, 1.165) is 5.76 Å². The molecule has 5 nitrogen and oxygen atoms in total. The van der Waals surface area contributed by atoms with Gasteiger partial charge in [-0.2, -0.15) is 0 Å². The third-order valence-electron chi connectivity index (χ3n) is 1.44. The van der Waals surface area contributed by atoms with E-state index in [4.69, 9.17) is 16.0 Å². The Morgan fingerprint density at radius 2 is 2.50 bits per heavy atom. The molecule has 0 saturated carbocycles. The molecule has 1 rings (SSSR count). The molecule has 0 amide bonds. The number of nitrogens with one attached hydrogen (secondary N) is 1. The number of aliphatic imine (C=N–C) groups is 1. The second kappa shape index (κ2) is 3.77. The zero-order chi connectivity index (χ0) is 8.97. The fraction of sp³-hybridized carbons (Fsp3) is 0.286. The summed E-state index contributed by atoms with van der Waals surface area (Å²) in [6, 6.07) is 3.52. The lowest BCUT2D eigenvalue weighted by molar-refractivity contribution is 0.480. The van der Waals surface area contributed by atoms with Crippen LogP contribution in [0.1, 0.15) is 18.7 Å². The standard InChI is InChI=1S/C7H12N4O/c1-5(10-7(8)11-9)6-3-2-4-12-6/h2-5H,9H2,1H3,(H3,8,10,11)/t5-/m0/s1. The maximum atomic E-state index is 5.35. The van der Waals surface area contributed by atoms with Crippen LogP contribution in [0.4, 0.5) is 0 Å². The van der Waals surface area contributed by atoms with Crippen molar-refractivity contribution >= 4 is 5.96 Å². The van der Waals surface area contributed by atoms with E-state index >= 15 is 0 Å². The first-order chi connectivity index (χ1) is 5.74. The summed E-state index contributed by atoms with van der Waals surface area (Å²) in [6.07, 6.45) is 1.59. The summed E-state index contributed by atoms with van der Waals surface area (Å²) in [5.74, 6) is 5.99. The van der Waals surface area contributed by atoms with Crippen LogP contribution in [0.25, 0.3) is 0 Å². The minimum Gasteiger partial charge on any atom is -0.467 e. The predicted octanol–water partition coefficient (Wildman–Crippen LogP) is 0.119. The Bertz CT molecular complexity index is 254. The van der Waals surface area contributed by atoms with Gasteiger partial charge < -0.3 is 10.2 Å². The van der Waals surface area contributed by atoms with Crippen LogP contribution >= 0.6 is 0 Å². The summed E-state index contributed by atoms with van der Waals surface area (Å²) in [5.41, 5.74) is 7.60. The van der Waals surface area contributed by atoms with Crippen molar-refractivity contribution in [1.29, 1.82) is 0 Å². The highest BCUT2D eigenvalue weighted by molar-refractivity contribution is 5.77. The lowest BCUT2D eigenvalue weighted by Gasteiger charge is -2.03. The number of hydrogen-bond acceptors (Lipinski definition) is 3. The lowest BCUT2D eigenvalue weighted by Crippen LogP contribution is -2.37. The maximum absolute atomic E-state index is 5.35. The molecular formula is C7H12N4O. The zero-order valence-corrected chi connectivity index (χ0v) is 6.82. The molecule has 1 aromatic rings. The van der Waals surface area contributed by atoms with Crippen LogP contribution in [0.15, 0.2) is 27.8 Å². The smallest absolute Gasteiger partial charge is 0.203 e. The zero-order valence-electron chi connectivity index (χ0n) is 6.82. The molecule has 0 aliphatic heterocycles. The molecular weight excluding hydrogens is 156 g/mol. The van der Waals surface area contributed by atoms with Crippen molar-refractivity contribution in [3.05, 3.63) is 24.2 Å². The van der Waals surface area contributed by atoms with Gasteiger partial charge in [-0.1, -0.05) is 0 Å². The SMILES string of the molecule is C[C@H](N=C(N)NN)c1ccco1. The fourth-order valence-corrected chi connectivity index (χ4v) is 0.839. The summed E-state index contributed by atoms with van der Waals surface area (Å²) in [6.45, 7) is 1.86. The number of furan rings is 1. The average Bonchev–Trinajstić information content (AvgIpc) is 2.56.